The molecule has 0 fully saturated rings. The fraction of sp³-hybridized carbons (Fsp3) is 0.353. The molecular weight excluding hydrogens is 232 g/mol. The van der Waals surface area contributed by atoms with E-state index in [1.807, 2.05) is 13.1 Å². The summed E-state index contributed by atoms with van der Waals surface area (Å²) < 4.78 is 0. The number of nitrogens with one attached hydrogen (secondary N) is 1. The van der Waals surface area contributed by atoms with E-state index in [-0.39, 0.29) is 0 Å². The summed E-state index contributed by atoms with van der Waals surface area (Å²) in [6.45, 7) is 5.11. The third kappa shape index (κ3) is 4.18. The number of rotatable bonds is 6. The maximum atomic E-state index is 4.34. The predicted octanol–water partition coefficient (Wildman–Crippen LogP) is 4.02. The van der Waals surface area contributed by atoms with Gasteiger partial charge in [0.15, 0.2) is 0 Å². The van der Waals surface area contributed by atoms with E-state index in [9.17, 15) is 0 Å². The summed E-state index contributed by atoms with van der Waals surface area (Å²) in [5.74, 6) is 0. The maximum Gasteiger partial charge on any atom is 0.0372 e. The van der Waals surface area contributed by atoms with E-state index in [1.54, 1.807) is 0 Å². The van der Waals surface area contributed by atoms with Gasteiger partial charge in [-0.15, -0.1) is 0 Å². The van der Waals surface area contributed by atoms with E-state index in [0.29, 0.717) is 6.04 Å². The molecule has 0 saturated carbocycles. The summed E-state index contributed by atoms with van der Waals surface area (Å²) in [7, 11) is 0. The number of benzene rings is 1. The lowest BCUT2D eigenvalue weighted by Crippen LogP contribution is -2.20. The molecule has 0 spiro atoms. The summed E-state index contributed by atoms with van der Waals surface area (Å²) in [5.41, 5.74) is 3.67. The van der Waals surface area contributed by atoms with Gasteiger partial charge >= 0.3 is 0 Å². The molecule has 1 heterocycles. The first-order valence-electron chi connectivity index (χ1n) is 6.99. The third-order valence-corrected chi connectivity index (χ3v) is 3.30. The Kier molecular flexibility index (Phi) is 5.10. The molecule has 1 aromatic carbocycles. The van der Waals surface area contributed by atoms with Gasteiger partial charge < -0.3 is 5.32 Å². The van der Waals surface area contributed by atoms with Gasteiger partial charge in [-0.2, -0.15) is 0 Å². The summed E-state index contributed by atoms with van der Waals surface area (Å²) >= 11 is 0. The number of hydrogen-bond acceptors (Lipinski definition) is 2. The van der Waals surface area contributed by atoms with Gasteiger partial charge in [-0.25, -0.2) is 0 Å². The third-order valence-electron chi connectivity index (χ3n) is 3.30. The van der Waals surface area contributed by atoms with E-state index in [1.165, 1.54) is 17.5 Å². The zero-order valence-electron chi connectivity index (χ0n) is 11.8. The standard InChI is InChI=1S/C17H22N2/c1-3-7-17(16-8-5-4-6-9-16)19-13-15-11-10-14(2)18-12-15/h4-6,8-12,17,19H,3,7,13H2,1-2H3. The zero-order valence-corrected chi connectivity index (χ0v) is 11.8. The monoisotopic (exact) mass is 254 g/mol. The second kappa shape index (κ2) is 7.05. The van der Waals surface area contributed by atoms with Crippen LogP contribution in [0.25, 0.3) is 0 Å². The van der Waals surface area contributed by atoms with E-state index in [4.69, 9.17) is 0 Å². The van der Waals surface area contributed by atoms with Crippen LogP contribution < -0.4 is 5.32 Å². The normalized spacial score (nSPS) is 12.3. The van der Waals surface area contributed by atoms with Gasteiger partial charge in [0.25, 0.3) is 0 Å². The highest BCUT2D eigenvalue weighted by Crippen LogP contribution is 2.18. The number of nitrogens with zero attached hydrogens (tertiary/aromatic N) is 1. The highest BCUT2D eigenvalue weighted by Gasteiger charge is 2.09. The summed E-state index contributed by atoms with van der Waals surface area (Å²) in [5, 5.41) is 3.63. The van der Waals surface area contributed by atoms with Gasteiger partial charge in [0.1, 0.15) is 0 Å². The topological polar surface area (TPSA) is 24.9 Å². The van der Waals surface area contributed by atoms with Crippen molar-refractivity contribution in [1.29, 1.82) is 0 Å². The van der Waals surface area contributed by atoms with Gasteiger partial charge in [-0.05, 0) is 30.5 Å². The fourth-order valence-electron chi connectivity index (χ4n) is 2.20. The van der Waals surface area contributed by atoms with Gasteiger partial charge in [0.05, 0.1) is 0 Å². The Morgan fingerprint density at radius 1 is 1.11 bits per heavy atom. The quantitative estimate of drug-likeness (QED) is 0.842. The lowest BCUT2D eigenvalue weighted by atomic mass is 10.0. The molecule has 2 aromatic rings. The maximum absolute atomic E-state index is 4.34. The highest BCUT2D eigenvalue weighted by atomic mass is 14.9. The van der Waals surface area contributed by atoms with Crippen LogP contribution in [0, 0.1) is 6.92 Å². The average Bonchev–Trinajstić information content (AvgIpc) is 2.46. The minimum atomic E-state index is 0.424. The van der Waals surface area contributed by atoms with Crippen molar-refractivity contribution in [1.82, 2.24) is 10.3 Å². The summed E-state index contributed by atoms with van der Waals surface area (Å²) in [4.78, 5) is 4.34. The molecule has 1 N–H and O–H groups in total. The zero-order chi connectivity index (χ0) is 13.5. The molecule has 0 saturated heterocycles. The number of hydrogen-bond donors (Lipinski definition) is 1. The Labute approximate surface area is 115 Å². The molecule has 0 aliphatic rings. The lowest BCUT2D eigenvalue weighted by molar-refractivity contribution is 0.493. The van der Waals surface area contributed by atoms with Gasteiger partial charge in [-0.3, -0.25) is 4.98 Å². The van der Waals surface area contributed by atoms with Crippen LogP contribution in [-0.2, 0) is 6.54 Å². The Hall–Kier alpha value is -1.67. The van der Waals surface area contributed by atoms with Crippen LogP contribution in [0.2, 0.25) is 0 Å². The van der Waals surface area contributed by atoms with Gasteiger partial charge in [0, 0.05) is 24.5 Å². The van der Waals surface area contributed by atoms with Crippen LogP contribution in [-0.4, -0.2) is 4.98 Å². The van der Waals surface area contributed by atoms with Gasteiger partial charge in [-0.1, -0.05) is 49.7 Å². The molecule has 1 aromatic heterocycles. The number of pyridine rings is 1. The van der Waals surface area contributed by atoms with Crippen LogP contribution in [0.4, 0.5) is 0 Å². The van der Waals surface area contributed by atoms with Crippen molar-refractivity contribution in [2.75, 3.05) is 0 Å². The van der Waals surface area contributed by atoms with Gasteiger partial charge in [0.2, 0.25) is 0 Å². The van der Waals surface area contributed by atoms with Crippen molar-refractivity contribution in [2.45, 2.75) is 39.3 Å². The second-order valence-corrected chi connectivity index (χ2v) is 4.94. The van der Waals surface area contributed by atoms with Crippen LogP contribution in [0.5, 0.6) is 0 Å². The second-order valence-electron chi connectivity index (χ2n) is 4.94. The molecule has 19 heavy (non-hydrogen) atoms. The molecule has 100 valence electrons. The Balaban J connectivity index is 1.99. The average molecular weight is 254 g/mol. The molecule has 2 heteroatoms. The van der Waals surface area contributed by atoms with Crippen molar-refractivity contribution in [3.05, 3.63) is 65.5 Å². The van der Waals surface area contributed by atoms with Crippen LogP contribution in [0.1, 0.15) is 42.6 Å². The molecule has 0 radical (unpaired) electrons. The van der Waals surface area contributed by atoms with E-state index in [0.717, 1.165) is 18.7 Å². The first-order chi connectivity index (χ1) is 9.29. The fourth-order valence-corrected chi connectivity index (χ4v) is 2.20. The first-order valence-corrected chi connectivity index (χ1v) is 6.99. The summed E-state index contributed by atoms with van der Waals surface area (Å²) in [6.07, 6.45) is 4.29. The van der Waals surface area contributed by atoms with E-state index >= 15 is 0 Å². The van der Waals surface area contributed by atoms with Crippen molar-refractivity contribution < 1.29 is 0 Å². The summed E-state index contributed by atoms with van der Waals surface area (Å²) in [6, 6.07) is 15.3. The van der Waals surface area contributed by atoms with Crippen LogP contribution >= 0.6 is 0 Å². The molecule has 2 nitrogen and oxygen atoms in total. The first kappa shape index (κ1) is 13.8. The Morgan fingerprint density at radius 3 is 2.53 bits per heavy atom. The Bertz CT molecular complexity index is 476. The SMILES string of the molecule is CCCC(NCc1ccc(C)nc1)c1ccccc1. The van der Waals surface area contributed by atoms with Crippen molar-refractivity contribution in [2.24, 2.45) is 0 Å². The molecule has 2 rings (SSSR count). The lowest BCUT2D eigenvalue weighted by Gasteiger charge is -2.18. The van der Waals surface area contributed by atoms with E-state index in [2.05, 4.69) is 59.7 Å². The highest BCUT2D eigenvalue weighted by molar-refractivity contribution is 5.19. The van der Waals surface area contributed by atoms with Crippen LogP contribution in [0.15, 0.2) is 48.7 Å². The molecule has 0 amide bonds. The van der Waals surface area contributed by atoms with Crippen molar-refractivity contribution >= 4 is 0 Å². The van der Waals surface area contributed by atoms with Crippen LogP contribution in [0.3, 0.4) is 0 Å². The molecule has 0 aliphatic carbocycles. The molecule has 0 aliphatic heterocycles. The molecule has 1 unspecified atom stereocenters. The minimum absolute atomic E-state index is 0.424. The number of aryl methyl sites for hydroxylation is 1. The van der Waals surface area contributed by atoms with E-state index < -0.39 is 0 Å². The number of aromatic nitrogens is 1. The minimum Gasteiger partial charge on any atom is -0.306 e. The predicted molar refractivity (Wildman–Crippen MR) is 79.9 cm³/mol. The smallest absolute Gasteiger partial charge is 0.0372 e. The molecule has 0 bridgehead atoms. The molecule has 1 atom stereocenters. The van der Waals surface area contributed by atoms with Crippen molar-refractivity contribution in [3.63, 3.8) is 0 Å². The van der Waals surface area contributed by atoms with Crippen molar-refractivity contribution in [3.8, 4) is 0 Å². The Morgan fingerprint density at radius 2 is 1.89 bits per heavy atom. The largest absolute Gasteiger partial charge is 0.306 e. The molecular formula is C17H22N2.